The third kappa shape index (κ3) is 2.34. The summed E-state index contributed by atoms with van der Waals surface area (Å²) < 4.78 is 27.2. The van der Waals surface area contributed by atoms with Crippen molar-refractivity contribution in [3.05, 3.63) is 12.3 Å². The third-order valence-corrected chi connectivity index (χ3v) is 3.64. The van der Waals surface area contributed by atoms with E-state index in [9.17, 15) is 8.42 Å². The van der Waals surface area contributed by atoms with Gasteiger partial charge in [0.15, 0.2) is 0 Å². The van der Waals surface area contributed by atoms with Crippen LogP contribution in [0.4, 0.5) is 0 Å². The van der Waals surface area contributed by atoms with E-state index in [1.807, 2.05) is 6.08 Å². The van der Waals surface area contributed by atoms with Crippen molar-refractivity contribution in [2.24, 2.45) is 0 Å². The van der Waals surface area contributed by atoms with E-state index in [1.165, 1.54) is 6.42 Å². The summed E-state index contributed by atoms with van der Waals surface area (Å²) in [6.07, 6.45) is 11.4. The molecule has 1 fully saturated rings. The maximum Gasteiger partial charge on any atom is 0.285 e. The second kappa shape index (κ2) is 3.79. The zero-order valence-corrected chi connectivity index (χ0v) is 9.79. The van der Waals surface area contributed by atoms with Crippen molar-refractivity contribution in [3.8, 4) is 0 Å². The zero-order valence-electron chi connectivity index (χ0n) is 8.98. The summed E-state index contributed by atoms with van der Waals surface area (Å²) in [5.41, 5.74) is -0.0820. The van der Waals surface area contributed by atoms with Crippen molar-refractivity contribution < 1.29 is 12.7 Å². The van der Waals surface area contributed by atoms with Gasteiger partial charge in [0.1, 0.15) is 0 Å². The summed E-state index contributed by atoms with van der Waals surface area (Å²) in [5.74, 6) is 0. The first-order valence-electron chi connectivity index (χ1n) is 5.37. The Morgan fingerprint density at radius 2 is 1.93 bits per heavy atom. The highest BCUT2D eigenvalue weighted by molar-refractivity contribution is 7.85. The molecule has 0 aromatic rings. The first-order valence-corrected chi connectivity index (χ1v) is 7.19. The van der Waals surface area contributed by atoms with Crippen molar-refractivity contribution in [2.75, 3.05) is 6.26 Å². The van der Waals surface area contributed by atoms with Crippen LogP contribution in [0.5, 0.6) is 0 Å². The van der Waals surface area contributed by atoms with E-state index >= 15 is 0 Å². The Hall–Kier alpha value is -0.550. The molecule has 0 atom stereocenters. The molecule has 5 heteroatoms. The molecule has 2 rings (SSSR count). The highest BCUT2D eigenvalue weighted by Crippen LogP contribution is 2.40. The molecular weight excluding hydrogens is 214 g/mol. The molecule has 0 N–H and O–H groups in total. The summed E-state index contributed by atoms with van der Waals surface area (Å²) in [6, 6.07) is 0. The second-order valence-corrected chi connectivity index (χ2v) is 6.04. The summed E-state index contributed by atoms with van der Waals surface area (Å²) in [6.45, 7) is 0. The van der Waals surface area contributed by atoms with Crippen molar-refractivity contribution in [2.45, 2.75) is 44.1 Å². The van der Waals surface area contributed by atoms with Gasteiger partial charge in [-0.2, -0.15) is 8.42 Å². The van der Waals surface area contributed by atoms with Crippen LogP contribution < -0.4 is 0 Å². The Kier molecular flexibility index (Phi) is 2.77. The average Bonchev–Trinajstić information content (AvgIpc) is 2.48. The van der Waals surface area contributed by atoms with E-state index in [2.05, 4.69) is 0 Å². The highest BCUT2D eigenvalue weighted by atomic mass is 32.2. The average molecular weight is 231 g/mol. The van der Waals surface area contributed by atoms with Gasteiger partial charge in [0.2, 0.25) is 0 Å². The van der Waals surface area contributed by atoms with E-state index in [0.717, 1.165) is 38.4 Å². The molecule has 4 nitrogen and oxygen atoms in total. The first kappa shape index (κ1) is 11.0. The van der Waals surface area contributed by atoms with Gasteiger partial charge in [-0.05, 0) is 19.3 Å². The lowest BCUT2D eigenvalue weighted by Crippen LogP contribution is -2.44. The summed E-state index contributed by atoms with van der Waals surface area (Å²) in [4.78, 5) is 0. The number of hydroxylamine groups is 2. The quantitative estimate of drug-likeness (QED) is 0.727. The van der Waals surface area contributed by atoms with E-state index < -0.39 is 10.1 Å². The van der Waals surface area contributed by atoms with Crippen LogP contribution >= 0.6 is 0 Å². The zero-order chi connectivity index (χ0) is 10.9. The minimum Gasteiger partial charge on any atom is -0.238 e. The van der Waals surface area contributed by atoms with E-state index in [0.29, 0.717) is 0 Å². The standard InChI is InChI=1S/C10H17NO3S/c1-15(12,13)14-11-9-5-8-10(11)6-3-2-4-7-10/h5,9H,2-4,6-8H2,1H3. The minimum atomic E-state index is -3.41. The summed E-state index contributed by atoms with van der Waals surface area (Å²) in [7, 11) is -3.41. The Labute approximate surface area is 91.0 Å². The predicted octanol–water partition coefficient (Wildman–Crippen LogP) is 1.80. The maximum atomic E-state index is 11.1. The van der Waals surface area contributed by atoms with Gasteiger partial charge in [-0.1, -0.05) is 25.3 Å². The van der Waals surface area contributed by atoms with Crippen LogP contribution in [0.25, 0.3) is 0 Å². The van der Waals surface area contributed by atoms with Crippen molar-refractivity contribution in [1.29, 1.82) is 0 Å². The molecule has 0 aromatic heterocycles. The smallest absolute Gasteiger partial charge is 0.238 e. The minimum absolute atomic E-state index is 0.0820. The van der Waals surface area contributed by atoms with Gasteiger partial charge >= 0.3 is 0 Å². The molecule has 2 aliphatic rings. The Morgan fingerprint density at radius 1 is 1.27 bits per heavy atom. The largest absolute Gasteiger partial charge is 0.285 e. The lowest BCUT2D eigenvalue weighted by Gasteiger charge is -2.40. The Bertz CT molecular complexity index is 355. The van der Waals surface area contributed by atoms with Gasteiger partial charge in [0.25, 0.3) is 10.1 Å². The van der Waals surface area contributed by atoms with Crippen LogP contribution in [0, 0.1) is 0 Å². The van der Waals surface area contributed by atoms with Crippen molar-refractivity contribution >= 4 is 10.1 Å². The molecule has 86 valence electrons. The summed E-state index contributed by atoms with van der Waals surface area (Å²) >= 11 is 0. The Morgan fingerprint density at radius 3 is 2.53 bits per heavy atom. The fourth-order valence-corrected chi connectivity index (χ4v) is 3.00. The molecule has 1 heterocycles. The molecule has 0 bridgehead atoms. The van der Waals surface area contributed by atoms with Gasteiger partial charge in [0.05, 0.1) is 11.8 Å². The lowest BCUT2D eigenvalue weighted by atomic mass is 9.80. The van der Waals surface area contributed by atoms with Crippen LogP contribution in [0.15, 0.2) is 12.3 Å². The van der Waals surface area contributed by atoms with Gasteiger partial charge < -0.3 is 0 Å². The van der Waals surface area contributed by atoms with Crippen LogP contribution in [-0.2, 0) is 14.4 Å². The van der Waals surface area contributed by atoms with Crippen molar-refractivity contribution in [1.82, 2.24) is 5.06 Å². The summed E-state index contributed by atoms with van der Waals surface area (Å²) in [5, 5.41) is 1.56. The topological polar surface area (TPSA) is 46.6 Å². The van der Waals surface area contributed by atoms with E-state index in [4.69, 9.17) is 4.28 Å². The molecule has 1 spiro atoms. The van der Waals surface area contributed by atoms with Crippen LogP contribution in [0.3, 0.4) is 0 Å². The van der Waals surface area contributed by atoms with Crippen LogP contribution in [0.1, 0.15) is 38.5 Å². The van der Waals surface area contributed by atoms with Gasteiger partial charge in [0, 0.05) is 6.20 Å². The second-order valence-electron chi connectivity index (χ2n) is 4.48. The Balaban J connectivity index is 2.12. The lowest BCUT2D eigenvalue weighted by molar-refractivity contribution is -0.0989. The van der Waals surface area contributed by atoms with Gasteiger partial charge in [-0.3, -0.25) is 0 Å². The molecule has 1 aliphatic heterocycles. The number of rotatable bonds is 2. The number of hydrogen-bond donors (Lipinski definition) is 0. The van der Waals surface area contributed by atoms with Crippen LogP contribution in [0.2, 0.25) is 0 Å². The first-order chi connectivity index (χ1) is 7.02. The SMILES string of the molecule is CS(=O)(=O)ON1C=CCC12CCCCC2. The monoisotopic (exact) mass is 231 g/mol. The maximum absolute atomic E-state index is 11.1. The normalized spacial score (nSPS) is 25.0. The van der Waals surface area contributed by atoms with Crippen molar-refractivity contribution in [3.63, 3.8) is 0 Å². The van der Waals surface area contributed by atoms with Crippen LogP contribution in [-0.4, -0.2) is 25.3 Å². The highest BCUT2D eigenvalue weighted by Gasteiger charge is 2.40. The molecule has 1 saturated carbocycles. The molecule has 15 heavy (non-hydrogen) atoms. The number of nitrogens with zero attached hydrogens (tertiary/aromatic N) is 1. The fourth-order valence-electron chi connectivity index (χ4n) is 2.50. The molecule has 0 radical (unpaired) electrons. The fraction of sp³-hybridized carbons (Fsp3) is 0.800. The van der Waals surface area contributed by atoms with Gasteiger partial charge in [-0.15, -0.1) is 4.28 Å². The van der Waals surface area contributed by atoms with Gasteiger partial charge in [-0.25, -0.2) is 5.06 Å². The molecule has 0 amide bonds. The molecule has 0 saturated heterocycles. The predicted molar refractivity (Wildman–Crippen MR) is 57.3 cm³/mol. The third-order valence-electron chi connectivity index (χ3n) is 3.21. The van der Waals surface area contributed by atoms with E-state index in [-0.39, 0.29) is 5.54 Å². The number of hydrogen-bond acceptors (Lipinski definition) is 4. The molecule has 0 aromatic carbocycles. The van der Waals surface area contributed by atoms with E-state index in [1.54, 1.807) is 11.3 Å². The molecule has 0 unspecified atom stereocenters. The molecular formula is C10H17NO3S. The molecule has 1 aliphatic carbocycles.